The van der Waals surface area contributed by atoms with Gasteiger partial charge in [-0.1, -0.05) is 24.3 Å². The minimum absolute atomic E-state index is 0.255. The number of H-pyrrole nitrogens is 1. The van der Waals surface area contributed by atoms with Crippen molar-refractivity contribution in [3.05, 3.63) is 80.2 Å². The summed E-state index contributed by atoms with van der Waals surface area (Å²) < 4.78 is 1.09. The fraction of sp³-hybridized carbons (Fsp3) is 0.105. The van der Waals surface area contributed by atoms with Crippen LogP contribution in [0.15, 0.2) is 58.1 Å². The van der Waals surface area contributed by atoms with Gasteiger partial charge in [0.25, 0.3) is 11.1 Å². The molecular weight excluding hydrogens is 316 g/mol. The molecule has 0 amide bonds. The Morgan fingerprint density at radius 3 is 2.44 bits per heavy atom. The lowest BCUT2D eigenvalue weighted by atomic mass is 10.2. The van der Waals surface area contributed by atoms with Crippen molar-refractivity contribution in [2.45, 2.75) is 0 Å². The van der Waals surface area contributed by atoms with Crippen molar-refractivity contribution >= 4 is 28.4 Å². The van der Waals surface area contributed by atoms with E-state index in [9.17, 15) is 9.59 Å². The molecule has 0 bridgehead atoms. The maximum Gasteiger partial charge on any atom is 0.284 e. The number of para-hydroxylation sites is 1. The average Bonchev–Trinajstić information content (AvgIpc) is 2.91. The third-order valence-electron chi connectivity index (χ3n) is 4.18. The van der Waals surface area contributed by atoms with Crippen LogP contribution in [0.3, 0.4) is 0 Å². The summed E-state index contributed by atoms with van der Waals surface area (Å²) in [6.07, 6.45) is 1.72. The normalized spacial score (nSPS) is 12.2. The highest BCUT2D eigenvalue weighted by atomic mass is 16.2. The molecule has 0 spiro atoms. The topological polar surface area (TPSA) is 70.5 Å². The molecular formula is C19H16N4O2. The molecule has 6 nitrogen and oxygen atoms in total. The van der Waals surface area contributed by atoms with Gasteiger partial charge in [0.15, 0.2) is 0 Å². The Balaban J connectivity index is 1.95. The van der Waals surface area contributed by atoms with E-state index in [-0.39, 0.29) is 11.3 Å². The molecule has 2 heterocycles. The second-order valence-electron chi connectivity index (χ2n) is 6.07. The zero-order valence-electron chi connectivity index (χ0n) is 13.9. The Bertz CT molecular complexity index is 1250. The number of anilines is 1. The monoisotopic (exact) mass is 332 g/mol. The SMILES string of the molecule is CN(C)c1ccc(C=c2[nH]c3nc4ccccc4c(=O)n3c2=O)cc1. The minimum Gasteiger partial charge on any atom is -0.378 e. The van der Waals surface area contributed by atoms with Gasteiger partial charge in [-0.15, -0.1) is 0 Å². The van der Waals surface area contributed by atoms with Crippen LogP contribution in [0.1, 0.15) is 5.56 Å². The minimum atomic E-state index is -0.394. The van der Waals surface area contributed by atoms with E-state index in [0.717, 1.165) is 15.7 Å². The van der Waals surface area contributed by atoms with E-state index in [0.29, 0.717) is 16.3 Å². The number of rotatable bonds is 2. The highest BCUT2D eigenvalue weighted by molar-refractivity contribution is 5.78. The van der Waals surface area contributed by atoms with E-state index in [1.807, 2.05) is 49.3 Å². The van der Waals surface area contributed by atoms with Gasteiger partial charge in [0.2, 0.25) is 5.78 Å². The Morgan fingerprint density at radius 1 is 1.00 bits per heavy atom. The van der Waals surface area contributed by atoms with E-state index >= 15 is 0 Å². The molecule has 0 saturated heterocycles. The summed E-state index contributed by atoms with van der Waals surface area (Å²) in [7, 11) is 3.93. The van der Waals surface area contributed by atoms with Crippen LogP contribution in [-0.2, 0) is 0 Å². The van der Waals surface area contributed by atoms with Crippen molar-refractivity contribution in [1.82, 2.24) is 14.4 Å². The van der Waals surface area contributed by atoms with Crippen LogP contribution >= 0.6 is 0 Å². The Hall–Kier alpha value is -3.41. The molecule has 4 rings (SSSR count). The van der Waals surface area contributed by atoms with Gasteiger partial charge < -0.3 is 9.88 Å². The first-order valence-electron chi connectivity index (χ1n) is 7.87. The van der Waals surface area contributed by atoms with Gasteiger partial charge in [-0.25, -0.2) is 9.38 Å². The molecule has 6 heteroatoms. The zero-order chi connectivity index (χ0) is 17.6. The highest BCUT2D eigenvalue weighted by Crippen LogP contribution is 2.12. The van der Waals surface area contributed by atoms with E-state index < -0.39 is 5.56 Å². The molecule has 0 unspecified atom stereocenters. The van der Waals surface area contributed by atoms with Crippen LogP contribution in [0.4, 0.5) is 5.69 Å². The first-order valence-corrected chi connectivity index (χ1v) is 7.87. The first kappa shape index (κ1) is 15.1. The van der Waals surface area contributed by atoms with Gasteiger partial charge in [0.1, 0.15) is 5.35 Å². The molecule has 2 aromatic carbocycles. The summed E-state index contributed by atoms with van der Waals surface area (Å²) >= 11 is 0. The molecule has 0 aliphatic heterocycles. The summed E-state index contributed by atoms with van der Waals surface area (Å²) in [6.45, 7) is 0. The maximum absolute atomic E-state index is 12.6. The second kappa shape index (κ2) is 5.59. The van der Waals surface area contributed by atoms with E-state index in [1.54, 1.807) is 24.3 Å². The van der Waals surface area contributed by atoms with Gasteiger partial charge in [-0.2, -0.15) is 0 Å². The number of aromatic nitrogens is 3. The van der Waals surface area contributed by atoms with Gasteiger partial charge in [0.05, 0.1) is 10.9 Å². The Labute approximate surface area is 142 Å². The van der Waals surface area contributed by atoms with E-state index in [2.05, 4.69) is 9.97 Å². The molecule has 0 atom stereocenters. The van der Waals surface area contributed by atoms with Crippen LogP contribution < -0.4 is 21.4 Å². The van der Waals surface area contributed by atoms with Gasteiger partial charge in [-0.05, 0) is 35.9 Å². The smallest absolute Gasteiger partial charge is 0.284 e. The van der Waals surface area contributed by atoms with Crippen molar-refractivity contribution in [3.63, 3.8) is 0 Å². The summed E-state index contributed by atoms with van der Waals surface area (Å²) in [4.78, 5) is 34.5. The van der Waals surface area contributed by atoms with Crippen molar-refractivity contribution in [1.29, 1.82) is 0 Å². The number of aromatic amines is 1. The van der Waals surface area contributed by atoms with E-state index in [4.69, 9.17) is 0 Å². The molecule has 0 aliphatic rings. The molecule has 0 aliphatic carbocycles. The van der Waals surface area contributed by atoms with Crippen LogP contribution in [0.2, 0.25) is 0 Å². The van der Waals surface area contributed by atoms with Gasteiger partial charge >= 0.3 is 0 Å². The standard InChI is InChI=1S/C19H16N4O2/c1-22(2)13-9-7-12(8-10-13)11-16-18(25)23-17(24)14-5-3-4-6-15(14)20-19(23)21-16/h3-11H,1-2H3,(H,20,21). The van der Waals surface area contributed by atoms with Crippen molar-refractivity contribution in [2.75, 3.05) is 19.0 Å². The average molecular weight is 332 g/mol. The fourth-order valence-electron chi connectivity index (χ4n) is 2.83. The third-order valence-corrected chi connectivity index (χ3v) is 4.18. The Morgan fingerprint density at radius 2 is 1.72 bits per heavy atom. The summed E-state index contributed by atoms with van der Waals surface area (Å²) in [5, 5.41) is 0.760. The molecule has 25 heavy (non-hydrogen) atoms. The Kier molecular flexibility index (Phi) is 3.39. The fourth-order valence-corrected chi connectivity index (χ4v) is 2.83. The van der Waals surface area contributed by atoms with Crippen molar-refractivity contribution < 1.29 is 0 Å². The number of benzene rings is 2. The van der Waals surface area contributed by atoms with Crippen LogP contribution in [0.5, 0.6) is 0 Å². The van der Waals surface area contributed by atoms with Crippen LogP contribution in [0.25, 0.3) is 22.8 Å². The predicted octanol–water partition coefficient (Wildman–Crippen LogP) is 1.15. The molecule has 2 aromatic heterocycles. The number of nitrogens with one attached hydrogen (secondary N) is 1. The quantitative estimate of drug-likeness (QED) is 0.598. The number of hydrogen-bond donors (Lipinski definition) is 1. The van der Waals surface area contributed by atoms with Crippen LogP contribution in [0, 0.1) is 0 Å². The molecule has 0 fully saturated rings. The highest BCUT2D eigenvalue weighted by Gasteiger charge is 2.10. The van der Waals surface area contributed by atoms with Gasteiger partial charge in [-0.3, -0.25) is 9.59 Å². The lowest BCUT2D eigenvalue weighted by Crippen LogP contribution is -2.31. The number of fused-ring (bicyclic) bond motifs is 2. The summed E-state index contributed by atoms with van der Waals surface area (Å²) in [6, 6.07) is 14.8. The molecule has 124 valence electrons. The lowest BCUT2D eigenvalue weighted by Gasteiger charge is -2.11. The summed E-state index contributed by atoms with van der Waals surface area (Å²) in [5.74, 6) is 0.255. The molecule has 0 saturated carbocycles. The van der Waals surface area contributed by atoms with Crippen LogP contribution in [-0.4, -0.2) is 28.5 Å². The number of nitrogens with zero attached hydrogens (tertiary/aromatic N) is 3. The number of imidazole rings is 1. The zero-order valence-corrected chi connectivity index (χ0v) is 13.9. The molecule has 4 aromatic rings. The lowest BCUT2D eigenvalue weighted by molar-refractivity contribution is 1.05. The van der Waals surface area contributed by atoms with Gasteiger partial charge in [0, 0.05) is 19.8 Å². The molecule has 1 N–H and O–H groups in total. The van der Waals surface area contributed by atoms with E-state index in [1.165, 1.54) is 0 Å². The third kappa shape index (κ3) is 2.48. The predicted molar refractivity (Wildman–Crippen MR) is 99.1 cm³/mol. The largest absolute Gasteiger partial charge is 0.378 e. The molecule has 0 radical (unpaired) electrons. The first-order chi connectivity index (χ1) is 12.0. The summed E-state index contributed by atoms with van der Waals surface area (Å²) in [5.41, 5.74) is 1.75. The second-order valence-corrected chi connectivity index (χ2v) is 6.07. The maximum atomic E-state index is 12.6. The van der Waals surface area contributed by atoms with Crippen molar-refractivity contribution in [2.24, 2.45) is 0 Å². The number of hydrogen-bond acceptors (Lipinski definition) is 4. The van der Waals surface area contributed by atoms with Crippen molar-refractivity contribution in [3.8, 4) is 0 Å².